The van der Waals surface area contributed by atoms with Crippen molar-refractivity contribution in [1.29, 1.82) is 0 Å². The molecule has 0 saturated heterocycles. The highest BCUT2D eigenvalue weighted by atomic mass is 19.2. The highest BCUT2D eigenvalue weighted by molar-refractivity contribution is 6.02. The lowest BCUT2D eigenvalue weighted by molar-refractivity contribution is -0.235. The van der Waals surface area contributed by atoms with E-state index in [1.54, 1.807) is 27.7 Å². The third-order valence-corrected chi connectivity index (χ3v) is 23.6. The summed E-state index contributed by atoms with van der Waals surface area (Å²) in [5, 5.41) is 23.1. The van der Waals surface area contributed by atoms with Crippen LogP contribution < -0.4 is 0 Å². The van der Waals surface area contributed by atoms with Gasteiger partial charge in [-0.15, -0.1) is 0 Å². The maximum atomic E-state index is 17.5. The number of halogens is 6. The molecule has 0 aromatic carbocycles. The molecule has 2 N–H and O–H groups in total. The van der Waals surface area contributed by atoms with Crippen LogP contribution in [0.25, 0.3) is 0 Å². The average Bonchev–Trinajstić information content (AvgIpc) is 4.14. The first-order valence-electron chi connectivity index (χ1n) is 28.8. The Balaban J connectivity index is 0.000000169. The van der Waals surface area contributed by atoms with E-state index in [1.165, 1.54) is 38.2 Å². The molecule has 12 rings (SSSR count). The largest absolute Gasteiger partial charge is 0.509 e. The molecule has 0 aliphatic heterocycles. The Morgan fingerprint density at radius 3 is 1.26 bits per heavy atom. The van der Waals surface area contributed by atoms with E-state index in [0.717, 1.165) is 50.7 Å². The molecule has 4 bridgehead atoms. The summed E-state index contributed by atoms with van der Waals surface area (Å²) in [5.74, 6) is -6.93. The molecule has 14 nitrogen and oxygen atoms in total. The van der Waals surface area contributed by atoms with Gasteiger partial charge in [0.2, 0.25) is 24.9 Å². The van der Waals surface area contributed by atoms with Crippen LogP contribution in [-0.2, 0) is 47.6 Å². The lowest BCUT2D eigenvalue weighted by Crippen LogP contribution is -2.71. The Labute approximate surface area is 461 Å². The SMILES string of the molecule is C[C@@H]1C[C@H]2[C@@H]3C[C@H](F)C4=CC(=O)C=C[C@]4(C)[C@@]3(F)[C@@H](O)C[C@]2(C)[C@@]1(OC(=O)O[C@@H]1C[C@H]2CC[C@@H]1C2)C(=O)OCF.C[C@@H]1C[C@H]2[C@@H]3C[C@H](F)C4=CC(=O)C=C[C@]4(C)[C@@]3(F)[C@@H](O)C[C@]2(C)[C@@]1(OC(=O)O[C@H]1C[C@@H]2CC[C@H]1C2)C(=O)OCF. The van der Waals surface area contributed by atoms with Gasteiger partial charge in [-0.3, -0.25) is 9.59 Å². The first kappa shape index (κ1) is 57.1. The van der Waals surface area contributed by atoms with E-state index in [-0.39, 0.29) is 73.7 Å². The lowest BCUT2D eigenvalue weighted by Gasteiger charge is -2.62. The summed E-state index contributed by atoms with van der Waals surface area (Å²) in [6.45, 7) is 6.54. The number of rotatable bonds is 8. The van der Waals surface area contributed by atoms with Crippen molar-refractivity contribution < 1.29 is 93.7 Å². The van der Waals surface area contributed by atoms with Crippen molar-refractivity contribution in [3.63, 3.8) is 0 Å². The molecule has 440 valence electrons. The Kier molecular flexibility index (Phi) is 13.9. The first-order chi connectivity index (χ1) is 37.6. The van der Waals surface area contributed by atoms with Crippen LogP contribution in [0.5, 0.6) is 0 Å². The van der Waals surface area contributed by atoms with Gasteiger partial charge < -0.3 is 38.6 Å². The van der Waals surface area contributed by atoms with Gasteiger partial charge in [-0.1, -0.05) is 39.8 Å². The highest BCUT2D eigenvalue weighted by Gasteiger charge is 2.81. The second-order valence-electron chi connectivity index (χ2n) is 26.9. The number of esters is 2. The van der Waals surface area contributed by atoms with Gasteiger partial charge in [-0.25, -0.2) is 45.5 Å². The third-order valence-electron chi connectivity index (χ3n) is 23.6. The number of aliphatic hydroxyl groups is 2. The molecule has 20 heteroatoms. The smallest absolute Gasteiger partial charge is 0.431 e. The summed E-state index contributed by atoms with van der Waals surface area (Å²) < 4.78 is 126. The summed E-state index contributed by atoms with van der Waals surface area (Å²) >= 11 is 0. The van der Waals surface area contributed by atoms with Crippen LogP contribution in [0.4, 0.5) is 35.9 Å². The quantitative estimate of drug-likeness (QED) is 0.132. The molecule has 0 unspecified atom stereocenters. The Hall–Kier alpha value is -4.72. The van der Waals surface area contributed by atoms with Crippen molar-refractivity contribution in [2.75, 3.05) is 13.7 Å². The molecule has 10 saturated carbocycles. The van der Waals surface area contributed by atoms with E-state index in [9.17, 15) is 47.8 Å². The number of hydrogen-bond donors (Lipinski definition) is 2. The first-order valence-corrected chi connectivity index (χ1v) is 28.8. The van der Waals surface area contributed by atoms with Crippen molar-refractivity contribution in [3.8, 4) is 0 Å². The number of carbonyl (C=O) groups is 6. The molecule has 0 aromatic heterocycles. The van der Waals surface area contributed by atoms with Gasteiger partial charge in [0.05, 0.1) is 12.2 Å². The topological polar surface area (TPSA) is 198 Å². The third kappa shape index (κ3) is 7.68. The molecule has 0 amide bonds. The van der Waals surface area contributed by atoms with Crippen LogP contribution in [0.15, 0.2) is 47.6 Å². The Morgan fingerprint density at radius 2 is 0.938 bits per heavy atom. The molecule has 0 aromatic rings. The minimum Gasteiger partial charge on any atom is -0.431 e. The van der Waals surface area contributed by atoms with E-state index in [4.69, 9.17) is 28.4 Å². The number of ketones is 2. The number of aliphatic hydroxyl groups excluding tert-OH is 2. The molecule has 12 aliphatic carbocycles. The van der Waals surface area contributed by atoms with Gasteiger partial charge in [-0.2, -0.15) is 0 Å². The zero-order chi connectivity index (χ0) is 57.7. The fourth-order valence-electron chi connectivity index (χ4n) is 20.0. The summed E-state index contributed by atoms with van der Waals surface area (Å²) in [6.07, 6.45) is 4.07. The summed E-state index contributed by atoms with van der Waals surface area (Å²) in [6, 6.07) is 0. The van der Waals surface area contributed by atoms with Gasteiger partial charge in [0, 0.05) is 45.3 Å². The number of carbonyl (C=O) groups excluding carboxylic acids is 6. The molecular weight excluding hydrogens is 1060 g/mol. The van der Waals surface area contributed by atoms with Crippen LogP contribution >= 0.6 is 0 Å². The van der Waals surface area contributed by atoms with Gasteiger partial charge in [-0.05, 0) is 175 Å². The number of fused-ring (bicyclic) bond motifs is 14. The van der Waals surface area contributed by atoms with Crippen LogP contribution in [0, 0.1) is 80.8 Å². The molecule has 0 radical (unpaired) electrons. The van der Waals surface area contributed by atoms with Crippen molar-refractivity contribution in [2.45, 2.75) is 191 Å². The van der Waals surface area contributed by atoms with Crippen molar-refractivity contribution in [3.05, 3.63) is 47.6 Å². The summed E-state index contributed by atoms with van der Waals surface area (Å²) in [7, 11) is 0. The standard InChI is InChI=1S/2C30H37F3O7/c2*1-15-8-19-20-12-22(32)21-11-18(34)6-7-27(21,2)29(20,33)24(35)13-28(19,3)30(15,25(36)38-14-31)40-26(37)39-23-10-16-4-5-17(23)9-16/h2*6-7,11,15-17,19-20,22-24,35H,4-5,8-10,12-14H2,1-3H3/t15-,16+,17-,19+,20+,22+,23-,24+,27+,28+,29+,30+;15-,16-,17+,19+,20+,22+,23+,24+,27+,28+,29+,30+/m11/s1. The fraction of sp³-hybridized carbons (Fsp3) is 0.767. The molecule has 12 aliphatic rings. The van der Waals surface area contributed by atoms with E-state index >= 15 is 17.6 Å². The van der Waals surface area contributed by atoms with Gasteiger partial charge in [0.25, 0.3) is 0 Å². The van der Waals surface area contributed by atoms with Crippen molar-refractivity contribution in [2.24, 2.45) is 80.8 Å². The van der Waals surface area contributed by atoms with E-state index in [0.29, 0.717) is 24.7 Å². The maximum absolute atomic E-state index is 17.5. The highest BCUT2D eigenvalue weighted by Crippen LogP contribution is 2.74. The second-order valence-corrected chi connectivity index (χ2v) is 26.9. The predicted molar refractivity (Wildman–Crippen MR) is 270 cm³/mol. The van der Waals surface area contributed by atoms with Crippen LogP contribution in [-0.4, -0.2) is 119 Å². The molecule has 0 spiro atoms. The zero-order valence-corrected chi connectivity index (χ0v) is 46.1. The lowest BCUT2D eigenvalue weighted by atomic mass is 9.44. The Bertz CT molecular complexity index is 2560. The minimum atomic E-state index is -2.37. The molecule has 0 heterocycles. The summed E-state index contributed by atoms with van der Waals surface area (Å²) in [4.78, 5) is 77.8. The monoisotopic (exact) mass is 1130 g/mol. The molecule has 10 fully saturated rings. The fourth-order valence-corrected chi connectivity index (χ4v) is 20.0. The average molecular weight is 1130 g/mol. The number of hydrogen-bond acceptors (Lipinski definition) is 14. The van der Waals surface area contributed by atoms with E-state index in [2.05, 4.69) is 0 Å². The maximum Gasteiger partial charge on any atom is 0.509 e. The molecule has 80 heavy (non-hydrogen) atoms. The van der Waals surface area contributed by atoms with Crippen LogP contribution in [0.1, 0.15) is 131 Å². The van der Waals surface area contributed by atoms with Gasteiger partial charge in [0.1, 0.15) is 24.6 Å². The van der Waals surface area contributed by atoms with E-state index < -0.39 is 154 Å². The zero-order valence-electron chi connectivity index (χ0n) is 46.1. The number of allylic oxidation sites excluding steroid dienone is 8. The summed E-state index contributed by atoms with van der Waals surface area (Å²) in [5.41, 5.74) is -15.0. The molecule has 24 atom stereocenters. The molecular formula is C60H74F6O14. The second kappa shape index (κ2) is 19.4. The van der Waals surface area contributed by atoms with Crippen LogP contribution in [0.2, 0.25) is 0 Å². The van der Waals surface area contributed by atoms with Crippen molar-refractivity contribution >= 4 is 35.8 Å². The normalized spacial score (nSPS) is 50.5. The number of ether oxygens (including phenoxy) is 6. The predicted octanol–water partition coefficient (Wildman–Crippen LogP) is 10.2. The van der Waals surface area contributed by atoms with Gasteiger partial charge >= 0.3 is 24.2 Å². The minimum absolute atomic E-state index is 0.0127. The van der Waals surface area contributed by atoms with Crippen molar-refractivity contribution in [1.82, 2.24) is 0 Å². The van der Waals surface area contributed by atoms with E-state index in [1.807, 2.05) is 0 Å². The Morgan fingerprint density at radius 1 is 0.562 bits per heavy atom. The van der Waals surface area contributed by atoms with Crippen LogP contribution in [0.3, 0.4) is 0 Å². The number of alkyl halides is 6. The van der Waals surface area contributed by atoms with Gasteiger partial charge in [0.15, 0.2) is 22.9 Å².